The van der Waals surface area contributed by atoms with Crippen molar-refractivity contribution in [1.82, 2.24) is 5.16 Å². The molecule has 0 atom stereocenters. The zero-order chi connectivity index (χ0) is 21.7. The molecular weight excluding hydrogens is 462 g/mol. The molecule has 0 aliphatic carbocycles. The van der Waals surface area contributed by atoms with Crippen LogP contribution in [-0.4, -0.2) is 17.0 Å². The van der Waals surface area contributed by atoms with Gasteiger partial charge in [-0.3, -0.25) is 0 Å². The van der Waals surface area contributed by atoms with Crippen molar-refractivity contribution in [3.8, 4) is 17.2 Å². The summed E-state index contributed by atoms with van der Waals surface area (Å²) in [4.78, 5) is 2.29. The summed E-state index contributed by atoms with van der Waals surface area (Å²) in [7, 11) is 0. The van der Waals surface area contributed by atoms with Crippen molar-refractivity contribution < 1.29 is 4.52 Å². The van der Waals surface area contributed by atoms with E-state index in [1.807, 2.05) is 26.0 Å². The van der Waals surface area contributed by atoms with Gasteiger partial charge < -0.3 is 9.42 Å². The Morgan fingerprint density at radius 2 is 1.90 bits per heavy atom. The second-order valence-corrected chi connectivity index (χ2v) is 8.58. The largest absolute Gasteiger partial charge is 0.361 e. The van der Waals surface area contributed by atoms with Crippen molar-refractivity contribution >= 4 is 38.9 Å². The van der Waals surface area contributed by atoms with Crippen molar-refractivity contribution in [3.05, 3.63) is 64.0 Å². The summed E-state index contributed by atoms with van der Waals surface area (Å²) in [6.45, 7) is 6.88. The van der Waals surface area contributed by atoms with E-state index in [2.05, 4.69) is 57.2 Å². The number of rotatable bonds is 8. The molecule has 0 saturated carbocycles. The molecule has 3 aromatic rings. The first-order valence-corrected chi connectivity index (χ1v) is 11.5. The third kappa shape index (κ3) is 4.88. The van der Waals surface area contributed by atoms with Crippen LogP contribution in [0.15, 0.2) is 40.9 Å². The molecule has 0 radical (unpaired) electrons. The van der Waals surface area contributed by atoms with Crippen LogP contribution in [0.3, 0.4) is 0 Å². The maximum absolute atomic E-state index is 9.24. The molecule has 1 aromatic heterocycles. The van der Waals surface area contributed by atoms with E-state index in [4.69, 9.17) is 16.1 Å². The summed E-state index contributed by atoms with van der Waals surface area (Å²) in [5, 5.41) is 14.8. The first kappa shape index (κ1) is 22.4. The maximum Gasteiger partial charge on any atom is 0.141 e. The highest BCUT2D eigenvalue weighted by Crippen LogP contribution is 2.36. The van der Waals surface area contributed by atoms with Crippen LogP contribution in [0.4, 0.5) is 11.4 Å². The molecule has 4 nitrogen and oxygen atoms in total. The van der Waals surface area contributed by atoms with Gasteiger partial charge in [0.05, 0.1) is 16.3 Å². The van der Waals surface area contributed by atoms with Gasteiger partial charge in [0.15, 0.2) is 0 Å². The molecule has 3 rings (SSSR count). The number of hydrogen-bond donors (Lipinski definition) is 0. The fourth-order valence-electron chi connectivity index (χ4n) is 3.64. The fraction of sp³-hybridized carbons (Fsp3) is 0.333. The molecule has 6 heteroatoms. The zero-order valence-corrected chi connectivity index (χ0v) is 19.8. The van der Waals surface area contributed by atoms with Gasteiger partial charge in [-0.15, -0.1) is 0 Å². The smallest absolute Gasteiger partial charge is 0.141 e. The molecule has 0 bridgehead atoms. The summed E-state index contributed by atoms with van der Waals surface area (Å²) < 4.78 is 5.38. The lowest BCUT2D eigenvalue weighted by Gasteiger charge is -2.28. The minimum Gasteiger partial charge on any atom is -0.361 e. The molecular formula is C24H25BrClN3O. The molecule has 1 heterocycles. The lowest BCUT2D eigenvalue weighted by atomic mass is 10.0. The Balaban J connectivity index is 2.05. The van der Waals surface area contributed by atoms with E-state index < -0.39 is 0 Å². The Morgan fingerprint density at radius 3 is 2.53 bits per heavy atom. The van der Waals surface area contributed by atoms with Crippen LogP contribution >= 0.6 is 27.5 Å². The Labute approximate surface area is 191 Å². The summed E-state index contributed by atoms with van der Waals surface area (Å²) in [6, 6.07) is 14.2. The van der Waals surface area contributed by atoms with Crippen LogP contribution in [0.5, 0.6) is 0 Å². The molecule has 0 amide bonds. The Kier molecular flexibility index (Phi) is 7.58. The third-order valence-corrected chi connectivity index (χ3v) is 6.10. The second-order valence-electron chi connectivity index (χ2n) is 7.38. The van der Waals surface area contributed by atoms with E-state index in [1.54, 1.807) is 6.07 Å². The molecule has 0 aliphatic heterocycles. The van der Waals surface area contributed by atoms with Crippen LogP contribution in [0, 0.1) is 32.1 Å². The first-order chi connectivity index (χ1) is 14.5. The number of anilines is 2. The summed E-state index contributed by atoms with van der Waals surface area (Å²) >= 11 is 9.87. The topological polar surface area (TPSA) is 53.1 Å². The fourth-order valence-corrected chi connectivity index (χ4v) is 4.26. The highest BCUT2D eigenvalue weighted by atomic mass is 79.9. The number of halogens is 2. The number of benzene rings is 2. The Hall–Kier alpha value is -2.29. The van der Waals surface area contributed by atoms with Crippen LogP contribution < -0.4 is 4.90 Å². The second kappa shape index (κ2) is 10.1. The molecule has 156 valence electrons. The molecule has 2 aromatic carbocycles. The van der Waals surface area contributed by atoms with E-state index in [-0.39, 0.29) is 0 Å². The molecule has 30 heavy (non-hydrogen) atoms. The minimum atomic E-state index is 0.472. The Morgan fingerprint density at radius 1 is 1.10 bits per heavy atom. The average Bonchev–Trinajstić information content (AvgIpc) is 3.07. The normalized spacial score (nSPS) is 10.8. The highest BCUT2D eigenvalue weighted by molar-refractivity contribution is 9.09. The van der Waals surface area contributed by atoms with Crippen LogP contribution in [0.2, 0.25) is 5.02 Å². The molecule has 0 aliphatic rings. The van der Waals surface area contributed by atoms with Gasteiger partial charge >= 0.3 is 0 Å². The van der Waals surface area contributed by atoms with Crippen molar-refractivity contribution in [2.24, 2.45) is 0 Å². The zero-order valence-electron chi connectivity index (χ0n) is 17.5. The lowest BCUT2D eigenvalue weighted by Crippen LogP contribution is -2.19. The highest BCUT2D eigenvalue weighted by Gasteiger charge is 2.17. The van der Waals surface area contributed by atoms with Crippen LogP contribution in [0.1, 0.15) is 41.8 Å². The number of aryl methyl sites for hydroxylation is 3. The van der Waals surface area contributed by atoms with Gasteiger partial charge in [0.2, 0.25) is 0 Å². The molecule has 0 fully saturated rings. The SMILES string of the molecule is Cc1ccc(-c2c(C)noc2C)cc1N(CCCCCBr)c1ccc(C#N)c(Cl)c1. The van der Waals surface area contributed by atoms with Crippen LogP contribution in [0.25, 0.3) is 11.1 Å². The summed E-state index contributed by atoms with van der Waals surface area (Å²) in [5.41, 5.74) is 6.76. The lowest BCUT2D eigenvalue weighted by molar-refractivity contribution is 0.393. The van der Waals surface area contributed by atoms with E-state index in [9.17, 15) is 5.26 Å². The summed E-state index contributed by atoms with van der Waals surface area (Å²) in [5.74, 6) is 0.813. The van der Waals surface area contributed by atoms with E-state index >= 15 is 0 Å². The van der Waals surface area contributed by atoms with Gasteiger partial charge in [-0.25, -0.2) is 0 Å². The van der Waals surface area contributed by atoms with Gasteiger partial charge in [0, 0.05) is 28.8 Å². The molecule has 0 unspecified atom stereocenters. The number of alkyl halides is 1. The van der Waals surface area contributed by atoms with Crippen LogP contribution in [-0.2, 0) is 0 Å². The molecule has 0 N–H and O–H groups in total. The monoisotopic (exact) mass is 485 g/mol. The average molecular weight is 487 g/mol. The van der Waals surface area contributed by atoms with E-state index in [0.717, 1.165) is 65.1 Å². The van der Waals surface area contributed by atoms with Gasteiger partial charge in [-0.2, -0.15) is 5.26 Å². The van der Waals surface area contributed by atoms with E-state index in [1.165, 1.54) is 5.56 Å². The molecule has 0 spiro atoms. The minimum absolute atomic E-state index is 0.472. The molecule has 0 saturated heterocycles. The van der Waals surface area contributed by atoms with Gasteiger partial charge in [0.25, 0.3) is 0 Å². The number of unbranched alkanes of at least 4 members (excludes halogenated alkanes) is 2. The van der Waals surface area contributed by atoms with Gasteiger partial charge in [0.1, 0.15) is 11.8 Å². The maximum atomic E-state index is 9.24. The standard InChI is InChI=1S/C24H25BrClN3O/c1-16-7-8-19(24-17(2)28-30-18(24)3)13-23(16)29(12-6-4-5-11-25)21-10-9-20(15-27)22(26)14-21/h7-10,13-14H,4-6,11-12H2,1-3H3. The predicted octanol–water partition coefficient (Wildman–Crippen LogP) is 7.50. The van der Waals surface area contributed by atoms with Gasteiger partial charge in [-0.1, -0.05) is 51.2 Å². The third-order valence-electron chi connectivity index (χ3n) is 5.22. The van der Waals surface area contributed by atoms with E-state index in [0.29, 0.717) is 10.6 Å². The van der Waals surface area contributed by atoms with Crippen molar-refractivity contribution in [2.45, 2.75) is 40.0 Å². The predicted molar refractivity (Wildman–Crippen MR) is 127 cm³/mol. The quantitative estimate of drug-likeness (QED) is 0.244. The Bertz CT molecular complexity index is 1050. The van der Waals surface area contributed by atoms with Crippen molar-refractivity contribution in [2.75, 3.05) is 16.8 Å². The number of aromatic nitrogens is 1. The van der Waals surface area contributed by atoms with Crippen molar-refractivity contribution in [1.29, 1.82) is 5.26 Å². The number of nitriles is 1. The summed E-state index contributed by atoms with van der Waals surface area (Å²) in [6.07, 6.45) is 3.33. The number of hydrogen-bond acceptors (Lipinski definition) is 4. The van der Waals surface area contributed by atoms with Crippen molar-refractivity contribution in [3.63, 3.8) is 0 Å². The number of nitrogens with zero attached hydrogens (tertiary/aromatic N) is 3. The van der Waals surface area contributed by atoms with Gasteiger partial charge in [-0.05, 0) is 69.0 Å². The first-order valence-electron chi connectivity index (χ1n) is 10.0.